The number of rotatable bonds is 9. The molecule has 5 rings (SSSR count). The topological polar surface area (TPSA) is 138 Å². The van der Waals surface area contributed by atoms with E-state index < -0.39 is 11.7 Å². The van der Waals surface area contributed by atoms with Crippen LogP contribution in [0.2, 0.25) is 5.02 Å². The van der Waals surface area contributed by atoms with Gasteiger partial charge in [-0.2, -0.15) is 5.11 Å². The largest absolute Gasteiger partial charge is 0.383 e. The van der Waals surface area contributed by atoms with Crippen LogP contribution < -0.4 is 10.6 Å². The van der Waals surface area contributed by atoms with Crippen LogP contribution in [0.3, 0.4) is 0 Å². The van der Waals surface area contributed by atoms with E-state index in [1.807, 2.05) is 16.7 Å². The maximum atomic E-state index is 14.7. The summed E-state index contributed by atoms with van der Waals surface area (Å²) in [5, 5.41) is 19.5. The van der Waals surface area contributed by atoms with Gasteiger partial charge in [-0.3, -0.25) is 4.79 Å². The maximum Gasteiger partial charge on any atom is 0.273 e. The van der Waals surface area contributed by atoms with Gasteiger partial charge in [0, 0.05) is 30.7 Å². The molecular formula is C22H20ClFN10O. The number of carbonyl (C=O) groups is 1. The predicted octanol–water partition coefficient (Wildman–Crippen LogP) is 3.26. The van der Waals surface area contributed by atoms with Crippen LogP contribution in [0.15, 0.2) is 60.0 Å². The van der Waals surface area contributed by atoms with Crippen molar-refractivity contribution >= 4 is 23.2 Å². The number of nitrogens with zero attached hydrogens (tertiary/aromatic N) is 7. The molecule has 0 unspecified atom stereocenters. The van der Waals surface area contributed by atoms with Crippen LogP contribution in [-0.2, 0) is 17.9 Å². The van der Waals surface area contributed by atoms with E-state index >= 15 is 0 Å². The van der Waals surface area contributed by atoms with Crippen molar-refractivity contribution in [2.45, 2.75) is 31.8 Å². The summed E-state index contributed by atoms with van der Waals surface area (Å²) in [7, 11) is 0. The standard InChI is InChI=1S/C22H20ClFN10O/c23-17-4-5-19(34-12-28-31-32-34)16(21(17)24)8-27-22(35)18(30-25)9-26-7-15-11-33-10-14(13-1-2-13)3-6-20(33)29-15/h3-6,9-13,25-26H,1-2,7-8H2,(H,27,35)/b18-9-,30-25?. The first kappa shape index (κ1) is 22.6. The smallest absolute Gasteiger partial charge is 0.273 e. The first-order chi connectivity index (χ1) is 17.0. The average Bonchev–Trinajstić information content (AvgIpc) is 3.41. The summed E-state index contributed by atoms with van der Waals surface area (Å²) < 4.78 is 17.9. The fourth-order valence-electron chi connectivity index (χ4n) is 3.70. The van der Waals surface area contributed by atoms with E-state index in [-0.39, 0.29) is 22.8 Å². The molecular weight excluding hydrogens is 475 g/mol. The van der Waals surface area contributed by atoms with Crippen molar-refractivity contribution < 1.29 is 9.18 Å². The Morgan fingerprint density at radius 3 is 2.86 bits per heavy atom. The van der Waals surface area contributed by atoms with Crippen molar-refractivity contribution in [1.29, 1.82) is 5.53 Å². The van der Waals surface area contributed by atoms with E-state index in [1.54, 1.807) is 6.07 Å². The van der Waals surface area contributed by atoms with Crippen LogP contribution in [0, 0.1) is 11.3 Å². The molecule has 4 aromatic rings. The number of halogens is 2. The van der Waals surface area contributed by atoms with Crippen LogP contribution in [-0.4, -0.2) is 35.5 Å². The maximum absolute atomic E-state index is 14.7. The SMILES string of the molecule is N=N/C(=C\NCc1cn2cc(C3CC3)ccc2n1)C(=O)NCc1c(-n2cnnn2)ccc(Cl)c1F. The summed E-state index contributed by atoms with van der Waals surface area (Å²) >= 11 is 5.91. The minimum atomic E-state index is -0.705. The number of aromatic nitrogens is 6. The van der Waals surface area contributed by atoms with Gasteiger partial charge in [0.1, 0.15) is 17.8 Å². The predicted molar refractivity (Wildman–Crippen MR) is 123 cm³/mol. The Kier molecular flexibility index (Phi) is 6.19. The summed E-state index contributed by atoms with van der Waals surface area (Å²) in [5.74, 6) is -0.725. The molecule has 1 fully saturated rings. The van der Waals surface area contributed by atoms with Crippen LogP contribution in [0.5, 0.6) is 0 Å². The molecule has 11 nitrogen and oxygen atoms in total. The van der Waals surface area contributed by atoms with E-state index in [0.29, 0.717) is 18.2 Å². The third-order valence-corrected chi connectivity index (χ3v) is 5.93. The highest BCUT2D eigenvalue weighted by Crippen LogP contribution is 2.39. The van der Waals surface area contributed by atoms with Crippen molar-refractivity contribution in [2.24, 2.45) is 5.11 Å². The molecule has 178 valence electrons. The van der Waals surface area contributed by atoms with Gasteiger partial charge in [-0.1, -0.05) is 17.7 Å². The van der Waals surface area contributed by atoms with E-state index in [4.69, 9.17) is 17.1 Å². The number of carbonyl (C=O) groups excluding carboxylic acids is 1. The van der Waals surface area contributed by atoms with Crippen molar-refractivity contribution in [3.8, 4) is 5.69 Å². The Balaban J connectivity index is 1.24. The van der Waals surface area contributed by atoms with Gasteiger partial charge in [-0.25, -0.2) is 19.6 Å². The summed E-state index contributed by atoms with van der Waals surface area (Å²) in [5.41, 5.74) is 10.5. The van der Waals surface area contributed by atoms with E-state index in [0.717, 1.165) is 11.3 Å². The van der Waals surface area contributed by atoms with E-state index in [1.165, 1.54) is 41.7 Å². The zero-order chi connectivity index (χ0) is 24.4. The molecule has 0 saturated heterocycles. The minimum Gasteiger partial charge on any atom is -0.383 e. The fourth-order valence-corrected chi connectivity index (χ4v) is 3.88. The quantitative estimate of drug-likeness (QED) is 0.241. The number of nitrogens with one attached hydrogen (secondary N) is 3. The van der Waals surface area contributed by atoms with Gasteiger partial charge in [0.05, 0.1) is 22.9 Å². The van der Waals surface area contributed by atoms with Crippen LogP contribution in [0.1, 0.15) is 35.6 Å². The molecule has 3 aromatic heterocycles. The normalized spacial score (nSPS) is 13.7. The van der Waals surface area contributed by atoms with Crippen LogP contribution in [0.4, 0.5) is 4.39 Å². The second-order valence-corrected chi connectivity index (χ2v) is 8.46. The lowest BCUT2D eigenvalue weighted by Crippen LogP contribution is -2.26. The van der Waals surface area contributed by atoms with Crippen molar-refractivity contribution in [3.63, 3.8) is 0 Å². The Hall–Kier alpha value is -4.19. The van der Waals surface area contributed by atoms with Crippen LogP contribution in [0.25, 0.3) is 11.3 Å². The number of amides is 1. The van der Waals surface area contributed by atoms with Crippen LogP contribution >= 0.6 is 11.6 Å². The molecule has 0 radical (unpaired) electrons. The Morgan fingerprint density at radius 1 is 1.26 bits per heavy atom. The van der Waals surface area contributed by atoms with Gasteiger partial charge < -0.3 is 15.0 Å². The second-order valence-electron chi connectivity index (χ2n) is 8.05. The number of pyridine rings is 1. The lowest BCUT2D eigenvalue weighted by Gasteiger charge is -2.12. The number of hydrogen-bond donors (Lipinski definition) is 3. The first-order valence-corrected chi connectivity index (χ1v) is 11.2. The second kappa shape index (κ2) is 9.58. The third kappa shape index (κ3) is 4.87. The molecule has 0 aliphatic heterocycles. The van der Waals surface area contributed by atoms with Crippen molar-refractivity contribution in [3.05, 3.63) is 82.5 Å². The highest BCUT2D eigenvalue weighted by Gasteiger charge is 2.23. The fraction of sp³-hybridized carbons (Fsp3) is 0.227. The molecule has 0 atom stereocenters. The lowest BCUT2D eigenvalue weighted by atomic mass is 10.1. The van der Waals surface area contributed by atoms with Gasteiger partial charge in [-0.15, -0.1) is 5.10 Å². The molecule has 1 amide bonds. The number of hydrogen-bond acceptors (Lipinski definition) is 8. The summed E-state index contributed by atoms with van der Waals surface area (Å²) in [6.45, 7) is 0.113. The Bertz CT molecular complexity index is 1430. The molecule has 1 saturated carbocycles. The number of benzene rings is 1. The minimum absolute atomic E-state index is 0.0886. The molecule has 1 aliphatic rings. The zero-order valence-corrected chi connectivity index (χ0v) is 19.1. The summed E-state index contributed by atoms with van der Waals surface area (Å²) in [4.78, 5) is 17.1. The van der Waals surface area contributed by atoms with Gasteiger partial charge in [0.2, 0.25) is 0 Å². The Morgan fingerprint density at radius 2 is 2.11 bits per heavy atom. The highest BCUT2D eigenvalue weighted by atomic mass is 35.5. The lowest BCUT2D eigenvalue weighted by molar-refractivity contribution is -0.117. The van der Waals surface area contributed by atoms with Crippen molar-refractivity contribution in [1.82, 2.24) is 40.2 Å². The number of tetrazole rings is 1. The molecule has 1 aromatic carbocycles. The molecule has 0 bridgehead atoms. The summed E-state index contributed by atoms with van der Waals surface area (Å²) in [6.07, 6.45) is 9.08. The molecule has 3 heterocycles. The monoisotopic (exact) mass is 494 g/mol. The molecule has 3 N–H and O–H groups in total. The van der Waals surface area contributed by atoms with Crippen molar-refractivity contribution in [2.75, 3.05) is 0 Å². The highest BCUT2D eigenvalue weighted by molar-refractivity contribution is 6.30. The molecule has 1 aliphatic carbocycles. The first-order valence-electron chi connectivity index (χ1n) is 10.8. The molecule has 13 heteroatoms. The summed E-state index contributed by atoms with van der Waals surface area (Å²) in [6, 6.07) is 7.01. The third-order valence-electron chi connectivity index (χ3n) is 5.64. The van der Waals surface area contributed by atoms with E-state index in [2.05, 4.69) is 48.5 Å². The zero-order valence-electron chi connectivity index (χ0n) is 18.3. The Labute approximate surface area is 203 Å². The molecule has 0 spiro atoms. The number of imidazole rings is 1. The number of fused-ring (bicyclic) bond motifs is 1. The van der Waals surface area contributed by atoms with Gasteiger partial charge in [0.25, 0.3) is 5.91 Å². The average molecular weight is 495 g/mol. The van der Waals surface area contributed by atoms with Gasteiger partial charge >= 0.3 is 0 Å². The van der Waals surface area contributed by atoms with E-state index in [9.17, 15) is 9.18 Å². The van der Waals surface area contributed by atoms with Gasteiger partial charge in [0.15, 0.2) is 5.70 Å². The van der Waals surface area contributed by atoms with Gasteiger partial charge in [-0.05, 0) is 52.9 Å². The molecule has 35 heavy (non-hydrogen) atoms.